The molecule has 47 heavy (non-hydrogen) atoms. The Balaban J connectivity index is 1.39. The van der Waals surface area contributed by atoms with Crippen LogP contribution in [0.15, 0.2) is 156 Å². The first-order valence-corrected chi connectivity index (χ1v) is 15.6. The van der Waals surface area contributed by atoms with E-state index in [4.69, 9.17) is 9.98 Å². The van der Waals surface area contributed by atoms with Gasteiger partial charge in [0, 0.05) is 32.8 Å². The summed E-state index contributed by atoms with van der Waals surface area (Å²) < 4.78 is 4.39. The number of fused-ring (bicyclic) bond motifs is 6. The lowest BCUT2D eigenvalue weighted by molar-refractivity contribution is 0.426. The number of hydrogen-bond donors (Lipinski definition) is 3. The monoisotopic (exact) mass is 609 g/mol. The maximum Gasteiger partial charge on any atom is 0.488 e. The molecule has 0 saturated heterocycles. The van der Waals surface area contributed by atoms with E-state index in [0.29, 0.717) is 11.4 Å². The molecule has 0 fully saturated rings. The molecule has 9 rings (SSSR count). The van der Waals surface area contributed by atoms with Gasteiger partial charge in [-0.05, 0) is 47.4 Å². The predicted octanol–water partition coefficient (Wildman–Crippen LogP) is 6.52. The lowest BCUT2D eigenvalue weighted by Crippen LogP contribution is -2.35. The summed E-state index contributed by atoms with van der Waals surface area (Å²) in [6, 6.07) is 49.0. The molecular formula is C39H28BN5O2. The van der Waals surface area contributed by atoms with Crippen molar-refractivity contribution in [2.75, 3.05) is 0 Å². The molecule has 0 aliphatic carbocycles. The van der Waals surface area contributed by atoms with Crippen molar-refractivity contribution in [2.45, 2.75) is 6.17 Å². The van der Waals surface area contributed by atoms with Crippen molar-refractivity contribution in [1.82, 2.24) is 14.5 Å². The average Bonchev–Trinajstić information content (AvgIpc) is 3.63. The fourth-order valence-corrected chi connectivity index (χ4v) is 6.81. The normalized spacial score (nSPS) is 14.8. The van der Waals surface area contributed by atoms with E-state index in [9.17, 15) is 10.0 Å². The second-order valence-electron chi connectivity index (χ2n) is 11.8. The third kappa shape index (κ3) is 4.46. The van der Waals surface area contributed by atoms with Crippen molar-refractivity contribution in [1.29, 1.82) is 0 Å². The molecule has 1 atom stereocenters. The Morgan fingerprint density at radius 1 is 0.553 bits per heavy atom. The van der Waals surface area contributed by atoms with Gasteiger partial charge in [0.05, 0.1) is 22.1 Å². The van der Waals surface area contributed by atoms with Gasteiger partial charge < -0.3 is 19.9 Å². The third-order valence-corrected chi connectivity index (χ3v) is 8.99. The highest BCUT2D eigenvalue weighted by Crippen LogP contribution is 2.38. The Morgan fingerprint density at radius 3 is 1.89 bits per heavy atom. The second kappa shape index (κ2) is 10.8. The van der Waals surface area contributed by atoms with Crippen LogP contribution in [0, 0.1) is 0 Å². The van der Waals surface area contributed by atoms with E-state index >= 15 is 0 Å². The van der Waals surface area contributed by atoms with Gasteiger partial charge in [-0.2, -0.15) is 4.99 Å². The predicted molar refractivity (Wildman–Crippen MR) is 192 cm³/mol. The molecular weight excluding hydrogens is 581 g/mol. The quantitative estimate of drug-likeness (QED) is 0.199. The number of aliphatic imine (C=N–C) groups is 2. The number of nitrogens with zero attached hydrogens (tertiary/aromatic N) is 4. The van der Waals surface area contributed by atoms with Crippen molar-refractivity contribution in [3.63, 3.8) is 0 Å². The minimum absolute atomic E-state index is 0.367. The summed E-state index contributed by atoms with van der Waals surface area (Å²) in [6.07, 6.45) is -0.367. The maximum absolute atomic E-state index is 10.2. The van der Waals surface area contributed by atoms with E-state index in [1.165, 1.54) is 0 Å². The Hall–Kier alpha value is -5.96. The zero-order chi connectivity index (χ0) is 31.5. The minimum atomic E-state index is -1.60. The molecule has 1 unspecified atom stereocenters. The van der Waals surface area contributed by atoms with Crippen molar-refractivity contribution in [3.8, 4) is 5.69 Å². The number of para-hydroxylation sites is 2. The van der Waals surface area contributed by atoms with Crippen molar-refractivity contribution < 1.29 is 10.0 Å². The summed E-state index contributed by atoms with van der Waals surface area (Å²) in [4.78, 5) is 10.3. The number of benzene rings is 6. The molecule has 3 N–H and O–H groups in total. The number of amidine groups is 1. The van der Waals surface area contributed by atoms with E-state index in [-0.39, 0.29) is 6.17 Å². The molecule has 3 heterocycles. The van der Waals surface area contributed by atoms with Crippen LogP contribution in [0.3, 0.4) is 0 Å². The fraction of sp³-hybridized carbons (Fsp3) is 0.0256. The van der Waals surface area contributed by atoms with Gasteiger partial charge in [0.1, 0.15) is 12.0 Å². The van der Waals surface area contributed by atoms with Crippen LogP contribution >= 0.6 is 0 Å². The summed E-state index contributed by atoms with van der Waals surface area (Å²) in [6.45, 7) is 0. The first kappa shape index (κ1) is 27.4. The first-order valence-electron chi connectivity index (χ1n) is 15.6. The molecule has 6 aromatic carbocycles. The van der Waals surface area contributed by atoms with Crippen LogP contribution in [0.5, 0.6) is 0 Å². The number of nitrogens with one attached hydrogen (secondary N) is 1. The van der Waals surface area contributed by atoms with Gasteiger partial charge in [-0.1, -0.05) is 109 Å². The second-order valence-corrected chi connectivity index (χ2v) is 11.8. The smallest absolute Gasteiger partial charge is 0.423 e. The van der Waals surface area contributed by atoms with Crippen LogP contribution in [0.1, 0.15) is 17.3 Å². The molecule has 0 bridgehead atoms. The van der Waals surface area contributed by atoms with Gasteiger partial charge in [0.2, 0.25) is 5.96 Å². The van der Waals surface area contributed by atoms with Gasteiger partial charge in [0.25, 0.3) is 0 Å². The molecule has 224 valence electrons. The Bertz CT molecular complexity index is 2520. The molecule has 0 spiro atoms. The lowest BCUT2D eigenvalue weighted by Gasteiger charge is -2.24. The summed E-state index contributed by atoms with van der Waals surface area (Å²) in [5, 5.41) is 28.0. The summed E-state index contributed by atoms with van der Waals surface area (Å²) >= 11 is 0. The Kier molecular flexibility index (Phi) is 6.31. The molecule has 0 radical (unpaired) electrons. The molecule has 1 aliphatic rings. The van der Waals surface area contributed by atoms with Crippen molar-refractivity contribution in [2.24, 2.45) is 9.98 Å². The molecule has 8 heteroatoms. The zero-order valence-electron chi connectivity index (χ0n) is 25.2. The average molecular weight is 609 g/mol. The van der Waals surface area contributed by atoms with Crippen LogP contribution < -0.4 is 10.8 Å². The van der Waals surface area contributed by atoms with E-state index < -0.39 is 7.12 Å². The van der Waals surface area contributed by atoms with Gasteiger partial charge in [-0.15, -0.1) is 0 Å². The zero-order valence-corrected chi connectivity index (χ0v) is 25.2. The molecule has 0 amide bonds. The molecule has 8 aromatic rings. The number of rotatable bonds is 4. The number of aromatic nitrogens is 2. The highest BCUT2D eigenvalue weighted by molar-refractivity contribution is 6.59. The summed E-state index contributed by atoms with van der Waals surface area (Å²) in [5.41, 5.74) is 7.43. The lowest BCUT2D eigenvalue weighted by atomic mass is 9.80. The third-order valence-electron chi connectivity index (χ3n) is 8.99. The Labute approximate surface area is 270 Å². The summed E-state index contributed by atoms with van der Waals surface area (Å²) in [5.74, 6) is 1.27. The SMILES string of the molecule is OB(O)c1ccc2c(c1)c1cc3c(cc1n2C1=NC(c2ccccc2)NC(c2ccccc2)=N1)c1ccccc1n3-c1ccccc1. The fourth-order valence-electron chi connectivity index (χ4n) is 6.81. The Morgan fingerprint density at radius 2 is 1.15 bits per heavy atom. The van der Waals surface area contributed by atoms with Crippen LogP contribution in [0.25, 0.3) is 49.3 Å². The van der Waals surface area contributed by atoms with Crippen molar-refractivity contribution >= 4 is 68.0 Å². The molecule has 2 aromatic heterocycles. The van der Waals surface area contributed by atoms with Crippen LogP contribution in [-0.2, 0) is 0 Å². The van der Waals surface area contributed by atoms with Crippen LogP contribution in [0.4, 0.5) is 0 Å². The molecule has 1 aliphatic heterocycles. The highest BCUT2D eigenvalue weighted by atomic mass is 16.4. The van der Waals surface area contributed by atoms with E-state index in [1.807, 2.05) is 66.7 Å². The van der Waals surface area contributed by atoms with Crippen LogP contribution in [-0.4, -0.2) is 38.1 Å². The highest BCUT2D eigenvalue weighted by Gasteiger charge is 2.25. The van der Waals surface area contributed by atoms with Gasteiger partial charge in [-0.3, -0.25) is 4.57 Å². The standard InChI is InChI=1S/C39H28BN5O2/c46-40(47)27-20-21-34-30(22-27)32-24-35-31(29-18-10-11-19-33(29)44(35)28-16-8-3-9-17-28)23-36(32)45(34)39-42-37(25-12-4-1-5-13-25)41-38(43-39)26-14-6-2-7-15-26/h1-24,37,46-47H,(H,41,42,43). The largest absolute Gasteiger partial charge is 0.488 e. The van der Waals surface area contributed by atoms with Gasteiger partial charge in [0.15, 0.2) is 0 Å². The first-order chi connectivity index (χ1) is 23.1. The number of hydrogen-bond acceptors (Lipinski definition) is 5. The van der Waals surface area contributed by atoms with E-state index in [0.717, 1.165) is 66.3 Å². The maximum atomic E-state index is 10.2. The molecule has 0 saturated carbocycles. The van der Waals surface area contributed by atoms with Gasteiger partial charge in [-0.25, -0.2) is 4.99 Å². The molecule has 7 nitrogen and oxygen atoms in total. The van der Waals surface area contributed by atoms with Crippen LogP contribution in [0.2, 0.25) is 0 Å². The minimum Gasteiger partial charge on any atom is -0.423 e. The van der Waals surface area contributed by atoms with E-state index in [2.05, 4.69) is 87.2 Å². The topological polar surface area (TPSA) is 87.1 Å². The summed E-state index contributed by atoms with van der Waals surface area (Å²) in [7, 11) is -1.60. The van der Waals surface area contributed by atoms with E-state index in [1.54, 1.807) is 6.07 Å². The van der Waals surface area contributed by atoms with Gasteiger partial charge >= 0.3 is 7.12 Å². The van der Waals surface area contributed by atoms with Crippen molar-refractivity contribution in [3.05, 3.63) is 157 Å².